The Labute approximate surface area is 158 Å². The summed E-state index contributed by atoms with van der Waals surface area (Å²) in [5.41, 5.74) is 0. The number of imide groups is 1. The van der Waals surface area contributed by atoms with Crippen LogP contribution in [0.5, 0.6) is 0 Å². The van der Waals surface area contributed by atoms with Gasteiger partial charge in [-0.15, -0.1) is 0 Å². The van der Waals surface area contributed by atoms with E-state index in [0.717, 1.165) is 31.7 Å². The lowest BCUT2D eigenvalue weighted by molar-refractivity contribution is -0.125. The number of nitrogens with one attached hydrogen (secondary N) is 1. The Balaban J connectivity index is 1.41. The van der Waals surface area contributed by atoms with E-state index in [-0.39, 0.29) is 30.4 Å². The summed E-state index contributed by atoms with van der Waals surface area (Å²) < 4.78 is 10.2. The smallest absolute Gasteiger partial charge is 0.327 e. The van der Waals surface area contributed by atoms with Crippen molar-refractivity contribution in [2.24, 2.45) is 0 Å². The van der Waals surface area contributed by atoms with Crippen molar-refractivity contribution in [3.63, 3.8) is 0 Å². The first-order valence-electron chi connectivity index (χ1n) is 9.20. The average Bonchev–Trinajstić information content (AvgIpc) is 3.28. The molecular formula is C18H26N4O5. The molecule has 0 unspecified atom stereocenters. The number of piperidine rings is 1. The minimum atomic E-state index is -0.230. The first kappa shape index (κ1) is 19.4. The lowest BCUT2D eigenvalue weighted by Crippen LogP contribution is -2.48. The summed E-state index contributed by atoms with van der Waals surface area (Å²) in [6.07, 6.45) is 3.08. The van der Waals surface area contributed by atoms with Crippen LogP contribution < -0.4 is 5.32 Å². The van der Waals surface area contributed by atoms with Gasteiger partial charge in [0.05, 0.1) is 32.5 Å². The van der Waals surface area contributed by atoms with Crippen LogP contribution in [0.1, 0.15) is 18.6 Å². The van der Waals surface area contributed by atoms with Gasteiger partial charge in [-0.05, 0) is 25.0 Å². The number of hydrogen-bond donors (Lipinski definition) is 1. The van der Waals surface area contributed by atoms with Crippen LogP contribution in [0.3, 0.4) is 0 Å². The Bertz CT molecular complexity index is 655. The predicted molar refractivity (Wildman–Crippen MR) is 95.7 cm³/mol. The highest BCUT2D eigenvalue weighted by molar-refractivity contribution is 6.02. The molecule has 3 rings (SSSR count). The van der Waals surface area contributed by atoms with Crippen LogP contribution in [-0.2, 0) is 20.9 Å². The van der Waals surface area contributed by atoms with Gasteiger partial charge in [0.15, 0.2) is 0 Å². The van der Waals surface area contributed by atoms with Gasteiger partial charge >= 0.3 is 6.03 Å². The van der Waals surface area contributed by atoms with Crippen LogP contribution in [0, 0.1) is 0 Å². The molecule has 2 fully saturated rings. The molecule has 0 aliphatic carbocycles. The third-order valence-corrected chi connectivity index (χ3v) is 5.01. The normalized spacial score (nSPS) is 19.1. The second-order valence-corrected chi connectivity index (χ2v) is 6.81. The largest absolute Gasteiger partial charge is 0.467 e. The van der Waals surface area contributed by atoms with Crippen molar-refractivity contribution in [1.29, 1.82) is 0 Å². The number of amides is 4. The highest BCUT2D eigenvalue weighted by atomic mass is 16.5. The van der Waals surface area contributed by atoms with Crippen LogP contribution in [0.4, 0.5) is 4.79 Å². The van der Waals surface area contributed by atoms with Gasteiger partial charge in [0.2, 0.25) is 11.8 Å². The van der Waals surface area contributed by atoms with Crippen molar-refractivity contribution >= 4 is 17.8 Å². The second-order valence-electron chi connectivity index (χ2n) is 6.81. The highest BCUT2D eigenvalue weighted by Crippen LogP contribution is 2.22. The number of nitrogens with zero attached hydrogens (tertiary/aromatic N) is 3. The van der Waals surface area contributed by atoms with Crippen molar-refractivity contribution < 1.29 is 23.5 Å². The van der Waals surface area contributed by atoms with Crippen molar-refractivity contribution in [3.8, 4) is 0 Å². The van der Waals surface area contributed by atoms with Gasteiger partial charge in [-0.3, -0.25) is 19.4 Å². The monoisotopic (exact) mass is 378 g/mol. The van der Waals surface area contributed by atoms with Crippen LogP contribution >= 0.6 is 0 Å². The predicted octanol–water partition coefficient (Wildman–Crippen LogP) is 0.271. The third kappa shape index (κ3) is 4.86. The zero-order valence-corrected chi connectivity index (χ0v) is 15.6. The standard InChI is InChI=1S/C18H26N4O5/c1-26-10-8-21-17(24)13-22(18(21)25)14-4-6-20(7-5-14)12-16(23)19-11-15-3-2-9-27-15/h2-3,9,14H,4-8,10-13H2,1H3,(H,19,23). The summed E-state index contributed by atoms with van der Waals surface area (Å²) in [6.45, 7) is 2.90. The van der Waals surface area contributed by atoms with Crippen molar-refractivity contribution in [2.75, 3.05) is 46.4 Å². The number of rotatable bonds is 8. The van der Waals surface area contributed by atoms with E-state index in [1.54, 1.807) is 24.3 Å². The summed E-state index contributed by atoms with van der Waals surface area (Å²) in [7, 11) is 1.54. The zero-order chi connectivity index (χ0) is 19.2. The third-order valence-electron chi connectivity index (χ3n) is 5.01. The Hall–Kier alpha value is -2.39. The molecule has 0 atom stereocenters. The summed E-state index contributed by atoms with van der Waals surface area (Å²) in [6, 6.07) is 3.41. The Morgan fingerprint density at radius 2 is 2.11 bits per heavy atom. The molecule has 0 radical (unpaired) electrons. The average molecular weight is 378 g/mol. The molecule has 0 aromatic carbocycles. The van der Waals surface area contributed by atoms with Gasteiger partial charge < -0.3 is 19.4 Å². The minimum Gasteiger partial charge on any atom is -0.467 e. The molecule has 3 heterocycles. The number of likely N-dealkylation sites (tertiary alicyclic amines) is 1. The van der Waals surface area contributed by atoms with Crippen LogP contribution in [0.15, 0.2) is 22.8 Å². The lowest BCUT2D eigenvalue weighted by Gasteiger charge is -2.35. The number of carbonyl (C=O) groups excluding carboxylic acids is 3. The summed E-state index contributed by atoms with van der Waals surface area (Å²) in [4.78, 5) is 41.6. The molecule has 4 amide bonds. The van der Waals surface area contributed by atoms with E-state index in [0.29, 0.717) is 26.2 Å². The quantitative estimate of drug-likeness (QED) is 0.653. The fourth-order valence-corrected chi connectivity index (χ4v) is 3.50. The Morgan fingerprint density at radius 3 is 2.78 bits per heavy atom. The molecule has 2 aliphatic heterocycles. The number of urea groups is 1. The number of carbonyl (C=O) groups is 3. The molecule has 27 heavy (non-hydrogen) atoms. The Morgan fingerprint density at radius 1 is 1.33 bits per heavy atom. The van der Waals surface area contributed by atoms with E-state index >= 15 is 0 Å². The van der Waals surface area contributed by atoms with E-state index in [4.69, 9.17) is 9.15 Å². The van der Waals surface area contributed by atoms with Crippen LogP contribution in [0.25, 0.3) is 0 Å². The van der Waals surface area contributed by atoms with E-state index in [1.807, 2.05) is 6.07 Å². The maximum absolute atomic E-state index is 12.5. The fourth-order valence-electron chi connectivity index (χ4n) is 3.50. The number of ether oxygens (including phenoxy) is 1. The SMILES string of the molecule is COCCN1C(=O)CN(C2CCN(CC(=O)NCc3ccco3)CC2)C1=O. The molecule has 2 saturated heterocycles. The molecule has 148 valence electrons. The van der Waals surface area contributed by atoms with Gasteiger partial charge in [0, 0.05) is 26.2 Å². The summed E-state index contributed by atoms with van der Waals surface area (Å²) in [5, 5.41) is 2.83. The maximum atomic E-state index is 12.5. The van der Waals surface area contributed by atoms with Gasteiger partial charge in [-0.1, -0.05) is 0 Å². The lowest BCUT2D eigenvalue weighted by atomic mass is 10.0. The molecule has 1 N–H and O–H groups in total. The van der Waals surface area contributed by atoms with E-state index in [9.17, 15) is 14.4 Å². The number of furan rings is 1. The molecular weight excluding hydrogens is 352 g/mol. The van der Waals surface area contributed by atoms with Crippen molar-refractivity contribution in [3.05, 3.63) is 24.2 Å². The maximum Gasteiger partial charge on any atom is 0.327 e. The minimum absolute atomic E-state index is 0.0384. The zero-order valence-electron chi connectivity index (χ0n) is 15.6. The topological polar surface area (TPSA) is 95.3 Å². The molecule has 0 spiro atoms. The van der Waals surface area contributed by atoms with Crippen molar-refractivity contribution in [1.82, 2.24) is 20.0 Å². The molecule has 1 aromatic rings. The van der Waals surface area contributed by atoms with E-state index in [2.05, 4.69) is 10.2 Å². The second kappa shape index (κ2) is 9.01. The van der Waals surface area contributed by atoms with Gasteiger partial charge in [0.25, 0.3) is 0 Å². The molecule has 0 bridgehead atoms. The van der Waals surface area contributed by atoms with E-state index in [1.165, 1.54) is 4.90 Å². The van der Waals surface area contributed by atoms with E-state index < -0.39 is 0 Å². The van der Waals surface area contributed by atoms with Gasteiger partial charge in [-0.2, -0.15) is 0 Å². The summed E-state index contributed by atoms with van der Waals surface area (Å²) in [5.74, 6) is 0.497. The first-order chi connectivity index (χ1) is 13.1. The van der Waals surface area contributed by atoms with Gasteiger partial charge in [-0.25, -0.2) is 4.79 Å². The molecule has 1 aromatic heterocycles. The van der Waals surface area contributed by atoms with Crippen LogP contribution in [0.2, 0.25) is 0 Å². The summed E-state index contributed by atoms with van der Waals surface area (Å²) >= 11 is 0. The van der Waals surface area contributed by atoms with Crippen molar-refractivity contribution in [2.45, 2.75) is 25.4 Å². The number of hydrogen-bond acceptors (Lipinski definition) is 6. The fraction of sp³-hybridized carbons (Fsp3) is 0.611. The highest BCUT2D eigenvalue weighted by Gasteiger charge is 2.40. The Kier molecular flexibility index (Phi) is 6.46. The molecule has 0 saturated carbocycles. The first-order valence-corrected chi connectivity index (χ1v) is 9.20. The van der Waals surface area contributed by atoms with Crippen LogP contribution in [-0.4, -0.2) is 85.0 Å². The molecule has 9 heteroatoms. The van der Waals surface area contributed by atoms with Gasteiger partial charge in [0.1, 0.15) is 12.3 Å². The molecule has 2 aliphatic rings. The molecule has 9 nitrogen and oxygen atoms in total. The number of methoxy groups -OCH3 is 1.